The largest absolute Gasteiger partial charge is 0.316 e. The van der Waals surface area contributed by atoms with Crippen molar-refractivity contribution in [3.05, 3.63) is 0 Å². The lowest BCUT2D eigenvalue weighted by Gasteiger charge is -2.34. The van der Waals surface area contributed by atoms with Crippen LogP contribution in [0.4, 0.5) is 0 Å². The zero-order chi connectivity index (χ0) is 13.4. The minimum atomic E-state index is 0.567. The fourth-order valence-corrected chi connectivity index (χ4v) is 3.22. The Balaban J connectivity index is 2.37. The van der Waals surface area contributed by atoms with Gasteiger partial charge in [-0.2, -0.15) is 0 Å². The number of rotatable bonds is 9. The van der Waals surface area contributed by atoms with Crippen molar-refractivity contribution in [2.24, 2.45) is 11.3 Å². The van der Waals surface area contributed by atoms with Gasteiger partial charge in [-0.15, -0.1) is 0 Å². The molecule has 2 heteroatoms. The van der Waals surface area contributed by atoms with Crippen molar-refractivity contribution in [1.29, 1.82) is 0 Å². The number of nitrogens with zero attached hydrogens (tertiary/aromatic N) is 1. The number of hydrogen-bond acceptors (Lipinski definition) is 2. The summed E-state index contributed by atoms with van der Waals surface area (Å²) in [5, 5.41) is 3.70. The van der Waals surface area contributed by atoms with Gasteiger partial charge in [-0.25, -0.2) is 0 Å². The SMILES string of the molecule is CCCCN(C)CC1(CNCC(C)C)CCCC1. The van der Waals surface area contributed by atoms with E-state index in [0.29, 0.717) is 5.41 Å². The van der Waals surface area contributed by atoms with Crippen molar-refractivity contribution >= 4 is 0 Å². The summed E-state index contributed by atoms with van der Waals surface area (Å²) in [5.74, 6) is 0.765. The van der Waals surface area contributed by atoms with Crippen LogP contribution in [-0.2, 0) is 0 Å². The van der Waals surface area contributed by atoms with E-state index in [1.54, 1.807) is 0 Å². The van der Waals surface area contributed by atoms with Crippen molar-refractivity contribution in [2.75, 3.05) is 33.2 Å². The molecule has 18 heavy (non-hydrogen) atoms. The fraction of sp³-hybridized carbons (Fsp3) is 1.00. The molecule has 0 spiro atoms. The van der Waals surface area contributed by atoms with Crippen molar-refractivity contribution < 1.29 is 0 Å². The van der Waals surface area contributed by atoms with E-state index in [1.807, 2.05) is 0 Å². The molecule has 1 N–H and O–H groups in total. The monoisotopic (exact) mass is 254 g/mol. The molecule has 1 rings (SSSR count). The Morgan fingerprint density at radius 3 is 2.44 bits per heavy atom. The van der Waals surface area contributed by atoms with Gasteiger partial charge in [0.15, 0.2) is 0 Å². The van der Waals surface area contributed by atoms with Crippen LogP contribution in [0.1, 0.15) is 59.3 Å². The Morgan fingerprint density at radius 2 is 1.89 bits per heavy atom. The minimum absolute atomic E-state index is 0.567. The third kappa shape index (κ3) is 5.71. The quantitative estimate of drug-likeness (QED) is 0.677. The van der Waals surface area contributed by atoms with Crippen LogP contribution in [-0.4, -0.2) is 38.1 Å². The summed E-state index contributed by atoms with van der Waals surface area (Å²) < 4.78 is 0. The molecule has 1 aliphatic carbocycles. The van der Waals surface area contributed by atoms with E-state index < -0.39 is 0 Å². The highest BCUT2D eigenvalue weighted by atomic mass is 15.1. The summed E-state index contributed by atoms with van der Waals surface area (Å²) in [7, 11) is 2.30. The van der Waals surface area contributed by atoms with E-state index in [1.165, 1.54) is 64.7 Å². The van der Waals surface area contributed by atoms with Gasteiger partial charge in [-0.05, 0) is 50.7 Å². The summed E-state index contributed by atoms with van der Waals surface area (Å²) >= 11 is 0. The maximum absolute atomic E-state index is 3.70. The molecule has 0 radical (unpaired) electrons. The average Bonchev–Trinajstić information content (AvgIpc) is 2.74. The Kier molecular flexibility index (Phi) is 7.25. The molecule has 0 saturated heterocycles. The summed E-state index contributed by atoms with van der Waals surface area (Å²) in [4.78, 5) is 2.56. The molecule has 0 aromatic rings. The summed E-state index contributed by atoms with van der Waals surface area (Å²) in [6.07, 6.45) is 8.37. The van der Waals surface area contributed by atoms with Gasteiger partial charge in [0, 0.05) is 13.1 Å². The molecular weight excluding hydrogens is 220 g/mol. The summed E-state index contributed by atoms with van der Waals surface area (Å²) in [6.45, 7) is 11.8. The minimum Gasteiger partial charge on any atom is -0.316 e. The van der Waals surface area contributed by atoms with Crippen LogP contribution in [0.3, 0.4) is 0 Å². The van der Waals surface area contributed by atoms with Crippen molar-refractivity contribution in [3.63, 3.8) is 0 Å². The molecule has 1 fully saturated rings. The molecule has 0 unspecified atom stereocenters. The van der Waals surface area contributed by atoms with Crippen LogP contribution in [0, 0.1) is 11.3 Å². The van der Waals surface area contributed by atoms with E-state index in [-0.39, 0.29) is 0 Å². The Hall–Kier alpha value is -0.0800. The normalized spacial score (nSPS) is 19.0. The van der Waals surface area contributed by atoms with Gasteiger partial charge in [0.05, 0.1) is 0 Å². The number of nitrogens with one attached hydrogen (secondary N) is 1. The first-order valence-corrected chi connectivity index (χ1v) is 7.97. The van der Waals surface area contributed by atoms with Crippen LogP contribution in [0.15, 0.2) is 0 Å². The number of hydrogen-bond donors (Lipinski definition) is 1. The second-order valence-corrected chi connectivity index (χ2v) is 6.82. The summed E-state index contributed by atoms with van der Waals surface area (Å²) in [6, 6.07) is 0. The molecule has 0 atom stereocenters. The molecule has 0 heterocycles. The molecule has 2 nitrogen and oxygen atoms in total. The lowest BCUT2D eigenvalue weighted by Crippen LogP contribution is -2.42. The van der Waals surface area contributed by atoms with Crippen LogP contribution in [0.5, 0.6) is 0 Å². The molecule has 0 bridgehead atoms. The second kappa shape index (κ2) is 8.16. The van der Waals surface area contributed by atoms with Crippen molar-refractivity contribution in [2.45, 2.75) is 59.3 Å². The van der Waals surface area contributed by atoms with Crippen LogP contribution >= 0.6 is 0 Å². The predicted molar refractivity (Wildman–Crippen MR) is 81.0 cm³/mol. The van der Waals surface area contributed by atoms with Crippen LogP contribution < -0.4 is 5.32 Å². The maximum Gasteiger partial charge on any atom is 0.00471 e. The molecule has 0 aliphatic heterocycles. The van der Waals surface area contributed by atoms with Crippen LogP contribution in [0.2, 0.25) is 0 Å². The van der Waals surface area contributed by atoms with Gasteiger partial charge in [0.2, 0.25) is 0 Å². The third-order valence-corrected chi connectivity index (χ3v) is 4.22. The van der Waals surface area contributed by atoms with Gasteiger partial charge in [0.1, 0.15) is 0 Å². The molecule has 0 amide bonds. The highest BCUT2D eigenvalue weighted by molar-refractivity contribution is 4.89. The topological polar surface area (TPSA) is 15.3 Å². The molecule has 1 saturated carbocycles. The predicted octanol–water partition coefficient (Wildman–Crippen LogP) is 3.52. The highest BCUT2D eigenvalue weighted by Gasteiger charge is 2.34. The first-order valence-electron chi connectivity index (χ1n) is 7.97. The van der Waals surface area contributed by atoms with Crippen LogP contribution in [0.25, 0.3) is 0 Å². The Bertz CT molecular complexity index is 207. The summed E-state index contributed by atoms with van der Waals surface area (Å²) in [5.41, 5.74) is 0.567. The molecule has 1 aliphatic rings. The van der Waals surface area contributed by atoms with E-state index in [9.17, 15) is 0 Å². The van der Waals surface area contributed by atoms with Gasteiger partial charge in [0.25, 0.3) is 0 Å². The van der Waals surface area contributed by atoms with Gasteiger partial charge in [-0.1, -0.05) is 40.0 Å². The van der Waals surface area contributed by atoms with Crippen molar-refractivity contribution in [1.82, 2.24) is 10.2 Å². The smallest absolute Gasteiger partial charge is 0.00471 e. The fourth-order valence-electron chi connectivity index (χ4n) is 3.22. The molecular formula is C16H34N2. The lowest BCUT2D eigenvalue weighted by molar-refractivity contribution is 0.170. The zero-order valence-electron chi connectivity index (χ0n) is 13.1. The standard InChI is InChI=1S/C16H34N2/c1-5-6-11-18(4)14-16(9-7-8-10-16)13-17-12-15(2)3/h15,17H,5-14H2,1-4H3. The Labute approximate surface area is 115 Å². The molecule has 108 valence electrons. The van der Waals surface area contributed by atoms with Crippen molar-refractivity contribution in [3.8, 4) is 0 Å². The van der Waals surface area contributed by atoms with Gasteiger partial charge < -0.3 is 10.2 Å². The maximum atomic E-state index is 3.70. The average molecular weight is 254 g/mol. The van der Waals surface area contributed by atoms with Gasteiger partial charge in [-0.3, -0.25) is 0 Å². The first kappa shape index (κ1) is 16.0. The van der Waals surface area contributed by atoms with E-state index in [2.05, 4.69) is 38.0 Å². The van der Waals surface area contributed by atoms with E-state index in [0.717, 1.165) is 5.92 Å². The van der Waals surface area contributed by atoms with E-state index >= 15 is 0 Å². The molecule has 0 aromatic carbocycles. The van der Waals surface area contributed by atoms with Gasteiger partial charge >= 0.3 is 0 Å². The Morgan fingerprint density at radius 1 is 1.22 bits per heavy atom. The zero-order valence-corrected chi connectivity index (χ0v) is 13.1. The lowest BCUT2D eigenvalue weighted by atomic mass is 9.85. The van der Waals surface area contributed by atoms with E-state index in [4.69, 9.17) is 0 Å². The molecule has 0 aromatic heterocycles. The second-order valence-electron chi connectivity index (χ2n) is 6.82. The number of unbranched alkanes of at least 4 members (excludes halogenated alkanes) is 1. The third-order valence-electron chi connectivity index (χ3n) is 4.22. The highest BCUT2D eigenvalue weighted by Crippen LogP contribution is 2.38. The first-order chi connectivity index (χ1) is 8.58.